The highest BCUT2D eigenvalue weighted by atomic mass is 16.2. The summed E-state index contributed by atoms with van der Waals surface area (Å²) in [6.07, 6.45) is 7.10. The maximum atomic E-state index is 12.3. The summed E-state index contributed by atoms with van der Waals surface area (Å²) in [7, 11) is 0. The van der Waals surface area contributed by atoms with Gasteiger partial charge in [-0.25, -0.2) is 0 Å². The monoisotopic (exact) mass is 246 g/mol. The third kappa shape index (κ3) is 2.67. The van der Waals surface area contributed by atoms with E-state index in [4.69, 9.17) is 11.1 Å². The summed E-state index contributed by atoms with van der Waals surface area (Å²) in [6, 6.07) is 1.56. The molecule has 0 saturated carbocycles. The number of carbonyl (C=O) groups is 1. The molecular weight excluding hydrogens is 228 g/mol. The number of nitrogens with two attached hydrogens (primary N) is 1. The van der Waals surface area contributed by atoms with Crippen LogP contribution in [-0.4, -0.2) is 35.1 Å². The predicted octanol–water partition coefficient (Wildman–Crippen LogP) is 1.68. The quantitative estimate of drug-likeness (QED) is 0.779. The fourth-order valence-corrected chi connectivity index (χ4v) is 2.15. The van der Waals surface area contributed by atoms with Crippen LogP contribution in [0.5, 0.6) is 0 Å². The van der Waals surface area contributed by atoms with E-state index in [1.165, 1.54) is 19.0 Å². The molecule has 0 aromatic carbocycles. The van der Waals surface area contributed by atoms with Crippen molar-refractivity contribution < 1.29 is 4.79 Å². The van der Waals surface area contributed by atoms with E-state index in [2.05, 4.69) is 4.98 Å². The normalized spacial score (nSPS) is 16.1. The van der Waals surface area contributed by atoms with E-state index in [1.807, 2.05) is 4.90 Å². The molecule has 1 aliphatic heterocycles. The summed E-state index contributed by atoms with van der Waals surface area (Å²) >= 11 is 0. The van der Waals surface area contributed by atoms with Gasteiger partial charge in [-0.05, 0) is 18.9 Å². The van der Waals surface area contributed by atoms with Gasteiger partial charge in [-0.3, -0.25) is 9.78 Å². The van der Waals surface area contributed by atoms with Gasteiger partial charge >= 0.3 is 0 Å². The van der Waals surface area contributed by atoms with Crippen molar-refractivity contribution in [2.75, 3.05) is 18.8 Å². The first-order valence-electron chi connectivity index (χ1n) is 6.27. The molecule has 0 radical (unpaired) electrons. The largest absolute Gasteiger partial charge is 0.398 e. The first-order chi connectivity index (χ1) is 8.72. The number of pyridine rings is 1. The van der Waals surface area contributed by atoms with Crippen molar-refractivity contribution in [3.8, 4) is 0 Å². The van der Waals surface area contributed by atoms with Crippen LogP contribution in [0.15, 0.2) is 12.3 Å². The van der Waals surface area contributed by atoms with E-state index in [0.29, 0.717) is 16.9 Å². The highest BCUT2D eigenvalue weighted by Gasteiger charge is 2.18. The number of nitrogen functional groups attached to an aromatic ring is 1. The first kappa shape index (κ1) is 12.5. The number of amides is 1. The third-order valence-electron chi connectivity index (χ3n) is 3.24. The minimum atomic E-state index is -0.0554. The molecule has 3 N–H and O–H groups in total. The average molecular weight is 246 g/mol. The molecule has 1 fully saturated rings. The van der Waals surface area contributed by atoms with Crippen molar-refractivity contribution in [2.24, 2.45) is 0 Å². The van der Waals surface area contributed by atoms with Gasteiger partial charge in [0, 0.05) is 36.8 Å². The third-order valence-corrected chi connectivity index (χ3v) is 3.24. The van der Waals surface area contributed by atoms with Crippen LogP contribution in [0.4, 0.5) is 5.69 Å². The second kappa shape index (κ2) is 5.62. The Labute approximate surface area is 107 Å². The van der Waals surface area contributed by atoms with Crippen LogP contribution in [0, 0.1) is 5.41 Å². The van der Waals surface area contributed by atoms with Gasteiger partial charge in [-0.2, -0.15) is 0 Å². The standard InChI is InChI=1S/C13H18N4O/c14-8-10-9-16-12(7-11(10)15)13(18)17-5-3-1-2-4-6-17/h7-9,14H,1-6H2,(H2,15,16). The van der Waals surface area contributed by atoms with Crippen LogP contribution in [0.1, 0.15) is 41.7 Å². The first-order valence-corrected chi connectivity index (χ1v) is 6.27. The Balaban J connectivity index is 2.17. The highest BCUT2D eigenvalue weighted by Crippen LogP contribution is 2.15. The van der Waals surface area contributed by atoms with Crippen molar-refractivity contribution in [1.82, 2.24) is 9.88 Å². The molecule has 0 unspecified atom stereocenters. The Morgan fingerprint density at radius 1 is 1.33 bits per heavy atom. The number of likely N-dealkylation sites (tertiary alicyclic amines) is 1. The number of nitrogens with one attached hydrogen (secondary N) is 1. The van der Waals surface area contributed by atoms with Crippen molar-refractivity contribution in [1.29, 1.82) is 5.41 Å². The molecule has 0 bridgehead atoms. The molecule has 1 aliphatic rings. The number of carbonyl (C=O) groups excluding carboxylic acids is 1. The van der Waals surface area contributed by atoms with Crippen LogP contribution < -0.4 is 5.73 Å². The number of rotatable bonds is 2. The average Bonchev–Trinajstić information content (AvgIpc) is 2.66. The molecule has 2 heterocycles. The fraction of sp³-hybridized carbons (Fsp3) is 0.462. The smallest absolute Gasteiger partial charge is 0.272 e. The summed E-state index contributed by atoms with van der Waals surface area (Å²) in [5.74, 6) is -0.0554. The molecule has 0 spiro atoms. The molecule has 1 amide bonds. The number of hydrogen-bond acceptors (Lipinski definition) is 4. The maximum absolute atomic E-state index is 12.3. The SMILES string of the molecule is N=Cc1cnc(C(=O)N2CCCCCC2)cc1N. The molecule has 0 aliphatic carbocycles. The number of nitrogens with zero attached hydrogens (tertiary/aromatic N) is 2. The minimum Gasteiger partial charge on any atom is -0.398 e. The Bertz CT molecular complexity index is 450. The van der Waals surface area contributed by atoms with Gasteiger partial charge in [-0.15, -0.1) is 0 Å². The molecule has 2 rings (SSSR count). The van der Waals surface area contributed by atoms with Crippen LogP contribution in [0.2, 0.25) is 0 Å². The van der Waals surface area contributed by atoms with E-state index in [-0.39, 0.29) is 5.91 Å². The topological polar surface area (TPSA) is 83.1 Å². The zero-order valence-electron chi connectivity index (χ0n) is 10.4. The van der Waals surface area contributed by atoms with Crippen molar-refractivity contribution >= 4 is 17.8 Å². The van der Waals surface area contributed by atoms with Gasteiger partial charge < -0.3 is 16.0 Å². The highest BCUT2D eigenvalue weighted by molar-refractivity contribution is 5.95. The molecule has 1 aromatic heterocycles. The van der Waals surface area contributed by atoms with Gasteiger partial charge in [0.1, 0.15) is 5.69 Å². The lowest BCUT2D eigenvalue weighted by atomic mass is 10.2. The zero-order valence-corrected chi connectivity index (χ0v) is 10.4. The van der Waals surface area contributed by atoms with Crippen LogP contribution >= 0.6 is 0 Å². The molecular formula is C13H18N4O. The summed E-state index contributed by atoms with van der Waals surface area (Å²) in [5.41, 5.74) is 7.12. The van der Waals surface area contributed by atoms with E-state index in [9.17, 15) is 4.79 Å². The zero-order chi connectivity index (χ0) is 13.0. The van der Waals surface area contributed by atoms with Crippen LogP contribution in [0.3, 0.4) is 0 Å². The fourth-order valence-electron chi connectivity index (χ4n) is 2.15. The Hall–Kier alpha value is -1.91. The number of aromatic nitrogens is 1. The second-order valence-electron chi connectivity index (χ2n) is 4.55. The maximum Gasteiger partial charge on any atom is 0.272 e. The molecule has 5 nitrogen and oxygen atoms in total. The van der Waals surface area contributed by atoms with E-state index < -0.39 is 0 Å². The molecule has 1 aromatic rings. The van der Waals surface area contributed by atoms with Crippen LogP contribution in [-0.2, 0) is 0 Å². The summed E-state index contributed by atoms with van der Waals surface area (Å²) in [6.45, 7) is 1.60. The Kier molecular flexibility index (Phi) is 3.92. The van der Waals surface area contributed by atoms with E-state index >= 15 is 0 Å². The lowest BCUT2D eigenvalue weighted by Gasteiger charge is -2.19. The Morgan fingerprint density at radius 2 is 2.00 bits per heavy atom. The summed E-state index contributed by atoms with van der Waals surface area (Å²) in [4.78, 5) is 18.2. The summed E-state index contributed by atoms with van der Waals surface area (Å²) in [5, 5.41) is 7.15. The molecule has 5 heteroatoms. The second-order valence-corrected chi connectivity index (χ2v) is 4.55. The minimum absolute atomic E-state index is 0.0554. The van der Waals surface area contributed by atoms with Crippen molar-refractivity contribution in [3.63, 3.8) is 0 Å². The lowest BCUT2D eigenvalue weighted by Crippen LogP contribution is -2.32. The Morgan fingerprint density at radius 3 is 2.56 bits per heavy atom. The molecule has 96 valence electrons. The lowest BCUT2D eigenvalue weighted by molar-refractivity contribution is 0.0756. The summed E-state index contributed by atoms with van der Waals surface area (Å²) < 4.78 is 0. The van der Waals surface area contributed by atoms with E-state index in [0.717, 1.165) is 32.1 Å². The predicted molar refractivity (Wildman–Crippen MR) is 70.9 cm³/mol. The molecule has 1 saturated heterocycles. The number of anilines is 1. The van der Waals surface area contributed by atoms with Gasteiger partial charge in [0.2, 0.25) is 0 Å². The molecule has 0 atom stereocenters. The van der Waals surface area contributed by atoms with Gasteiger partial charge in [0.05, 0.1) is 0 Å². The van der Waals surface area contributed by atoms with Gasteiger partial charge in [0.15, 0.2) is 0 Å². The van der Waals surface area contributed by atoms with Crippen LogP contribution in [0.25, 0.3) is 0 Å². The van der Waals surface area contributed by atoms with Gasteiger partial charge in [-0.1, -0.05) is 12.8 Å². The molecule has 18 heavy (non-hydrogen) atoms. The van der Waals surface area contributed by atoms with Crippen molar-refractivity contribution in [2.45, 2.75) is 25.7 Å². The van der Waals surface area contributed by atoms with E-state index in [1.54, 1.807) is 6.07 Å². The van der Waals surface area contributed by atoms with Crippen molar-refractivity contribution in [3.05, 3.63) is 23.5 Å². The number of hydrogen-bond donors (Lipinski definition) is 2. The van der Waals surface area contributed by atoms with Gasteiger partial charge in [0.25, 0.3) is 5.91 Å².